The van der Waals surface area contributed by atoms with Crippen LogP contribution in [-0.2, 0) is 11.3 Å². The third kappa shape index (κ3) is 6.55. The number of nitriles is 1. The lowest BCUT2D eigenvalue weighted by molar-refractivity contribution is -0.122. The first-order valence-corrected chi connectivity index (χ1v) is 6.27. The van der Waals surface area contributed by atoms with Crippen molar-refractivity contribution in [2.24, 2.45) is 0 Å². The monoisotopic (exact) mass is 261 g/mol. The highest BCUT2D eigenvalue weighted by Crippen LogP contribution is 2.03. The van der Waals surface area contributed by atoms with Gasteiger partial charge in [0.05, 0.1) is 25.6 Å². The molecule has 0 atom stereocenters. The van der Waals surface area contributed by atoms with Gasteiger partial charge < -0.3 is 10.4 Å². The number of rotatable bonds is 8. The van der Waals surface area contributed by atoms with Crippen LogP contribution in [0.2, 0.25) is 0 Å². The van der Waals surface area contributed by atoms with Gasteiger partial charge in [-0.05, 0) is 5.56 Å². The van der Waals surface area contributed by atoms with Gasteiger partial charge in [-0.2, -0.15) is 5.26 Å². The van der Waals surface area contributed by atoms with Crippen molar-refractivity contribution < 1.29 is 9.90 Å². The number of carbonyl (C=O) groups is 1. The molecule has 1 aromatic rings. The Bertz CT molecular complexity index is 414. The van der Waals surface area contributed by atoms with E-state index in [0.29, 0.717) is 26.1 Å². The summed E-state index contributed by atoms with van der Waals surface area (Å²) >= 11 is 0. The number of carbonyl (C=O) groups excluding carboxylic acids is 1. The van der Waals surface area contributed by atoms with Crippen molar-refractivity contribution in [2.45, 2.75) is 13.0 Å². The average Bonchev–Trinajstić information content (AvgIpc) is 2.40. The lowest BCUT2D eigenvalue weighted by Gasteiger charge is -2.20. The Morgan fingerprint density at radius 3 is 2.74 bits per heavy atom. The van der Waals surface area contributed by atoms with Crippen molar-refractivity contribution in [1.82, 2.24) is 10.2 Å². The maximum absolute atomic E-state index is 11.6. The zero-order chi connectivity index (χ0) is 13.9. The van der Waals surface area contributed by atoms with Crippen LogP contribution >= 0.6 is 0 Å². The summed E-state index contributed by atoms with van der Waals surface area (Å²) in [7, 11) is 0. The zero-order valence-corrected chi connectivity index (χ0v) is 10.9. The van der Waals surface area contributed by atoms with Crippen LogP contribution in [0.25, 0.3) is 0 Å². The molecular formula is C14H19N3O2. The molecule has 5 heteroatoms. The Morgan fingerprint density at radius 2 is 2.11 bits per heavy atom. The largest absolute Gasteiger partial charge is 0.395 e. The van der Waals surface area contributed by atoms with Crippen LogP contribution in [0, 0.1) is 11.3 Å². The van der Waals surface area contributed by atoms with Crippen molar-refractivity contribution in [3.05, 3.63) is 35.9 Å². The third-order valence-electron chi connectivity index (χ3n) is 2.59. The number of nitrogens with zero attached hydrogens (tertiary/aromatic N) is 2. The summed E-state index contributed by atoms with van der Waals surface area (Å²) in [4.78, 5) is 13.5. The smallest absolute Gasteiger partial charge is 0.234 e. The highest BCUT2D eigenvalue weighted by molar-refractivity contribution is 5.78. The van der Waals surface area contributed by atoms with Crippen molar-refractivity contribution in [3.8, 4) is 6.07 Å². The molecule has 0 aliphatic carbocycles. The Balaban J connectivity index is 2.44. The molecule has 0 spiro atoms. The highest BCUT2D eigenvalue weighted by Gasteiger charge is 2.10. The number of amides is 1. The minimum absolute atomic E-state index is 0.0122. The van der Waals surface area contributed by atoms with Gasteiger partial charge in [0.15, 0.2) is 0 Å². The van der Waals surface area contributed by atoms with Gasteiger partial charge in [0, 0.05) is 19.6 Å². The third-order valence-corrected chi connectivity index (χ3v) is 2.59. The molecule has 19 heavy (non-hydrogen) atoms. The van der Waals surface area contributed by atoms with Crippen LogP contribution in [0.3, 0.4) is 0 Å². The molecule has 1 aromatic carbocycles. The predicted octanol–water partition coefficient (Wildman–Crippen LogP) is 0.511. The van der Waals surface area contributed by atoms with Gasteiger partial charge in [0.25, 0.3) is 0 Å². The van der Waals surface area contributed by atoms with Gasteiger partial charge in [0.1, 0.15) is 0 Å². The fourth-order valence-corrected chi connectivity index (χ4v) is 1.71. The molecule has 102 valence electrons. The van der Waals surface area contributed by atoms with E-state index >= 15 is 0 Å². The van der Waals surface area contributed by atoms with E-state index in [9.17, 15) is 4.79 Å². The first-order valence-electron chi connectivity index (χ1n) is 6.27. The summed E-state index contributed by atoms with van der Waals surface area (Å²) in [5.74, 6) is -0.125. The maximum Gasteiger partial charge on any atom is 0.234 e. The van der Waals surface area contributed by atoms with E-state index in [1.807, 2.05) is 41.3 Å². The molecule has 0 fully saturated rings. The normalized spacial score (nSPS) is 10.2. The summed E-state index contributed by atoms with van der Waals surface area (Å²) in [5, 5.41) is 20.1. The molecule has 5 nitrogen and oxygen atoms in total. The van der Waals surface area contributed by atoms with E-state index in [0.717, 1.165) is 5.56 Å². The van der Waals surface area contributed by atoms with E-state index in [1.54, 1.807) is 0 Å². The molecule has 0 heterocycles. The molecule has 1 amide bonds. The summed E-state index contributed by atoms with van der Waals surface area (Å²) in [6.07, 6.45) is 0.310. The minimum Gasteiger partial charge on any atom is -0.395 e. The molecule has 0 bridgehead atoms. The van der Waals surface area contributed by atoms with Crippen molar-refractivity contribution in [3.63, 3.8) is 0 Å². The molecule has 1 rings (SSSR count). The van der Waals surface area contributed by atoms with E-state index in [2.05, 4.69) is 5.32 Å². The number of hydrogen-bond acceptors (Lipinski definition) is 4. The molecule has 0 saturated heterocycles. The van der Waals surface area contributed by atoms with Gasteiger partial charge in [-0.1, -0.05) is 30.3 Å². The van der Waals surface area contributed by atoms with Gasteiger partial charge >= 0.3 is 0 Å². The van der Waals surface area contributed by atoms with Crippen LogP contribution in [0.1, 0.15) is 12.0 Å². The number of aliphatic hydroxyl groups excluding tert-OH is 1. The van der Waals surface area contributed by atoms with Crippen LogP contribution in [-0.4, -0.2) is 42.2 Å². The molecule has 0 aliphatic rings. The number of nitrogens with one attached hydrogen (secondary N) is 1. The highest BCUT2D eigenvalue weighted by atomic mass is 16.3. The molecule has 2 N–H and O–H groups in total. The Morgan fingerprint density at radius 1 is 1.37 bits per heavy atom. The molecule has 0 aliphatic heterocycles. The first-order chi connectivity index (χ1) is 9.26. The molecule has 0 saturated carbocycles. The Kier molecular flexibility index (Phi) is 7.25. The fourth-order valence-electron chi connectivity index (χ4n) is 1.71. The van der Waals surface area contributed by atoms with E-state index in [4.69, 9.17) is 10.4 Å². The SMILES string of the molecule is N#CCCNC(=O)CN(CCO)Cc1ccccc1. The summed E-state index contributed by atoms with van der Waals surface area (Å²) in [6, 6.07) is 11.8. The van der Waals surface area contributed by atoms with E-state index < -0.39 is 0 Å². The van der Waals surface area contributed by atoms with Gasteiger partial charge in [0.2, 0.25) is 5.91 Å². The van der Waals surface area contributed by atoms with Crippen LogP contribution < -0.4 is 5.32 Å². The van der Waals surface area contributed by atoms with Crippen molar-refractivity contribution in [2.75, 3.05) is 26.2 Å². The van der Waals surface area contributed by atoms with E-state index in [-0.39, 0.29) is 19.1 Å². The number of hydrogen-bond donors (Lipinski definition) is 2. The summed E-state index contributed by atoms with van der Waals surface area (Å²) < 4.78 is 0. The fraction of sp³-hybridized carbons (Fsp3) is 0.429. The van der Waals surface area contributed by atoms with E-state index in [1.165, 1.54) is 0 Å². The van der Waals surface area contributed by atoms with Crippen LogP contribution in [0.4, 0.5) is 0 Å². The molecule has 0 unspecified atom stereocenters. The topological polar surface area (TPSA) is 76.4 Å². The summed E-state index contributed by atoms with van der Waals surface area (Å²) in [6.45, 7) is 1.67. The van der Waals surface area contributed by atoms with Crippen LogP contribution in [0.5, 0.6) is 0 Å². The quantitative estimate of drug-likeness (QED) is 0.669. The number of benzene rings is 1. The molecule has 0 radical (unpaired) electrons. The first kappa shape index (κ1) is 15.2. The minimum atomic E-state index is -0.125. The molecule has 0 aromatic heterocycles. The lowest BCUT2D eigenvalue weighted by atomic mass is 10.2. The zero-order valence-electron chi connectivity index (χ0n) is 10.9. The predicted molar refractivity (Wildman–Crippen MR) is 72.0 cm³/mol. The second-order valence-corrected chi connectivity index (χ2v) is 4.18. The maximum atomic E-state index is 11.6. The lowest BCUT2D eigenvalue weighted by Crippen LogP contribution is -2.38. The standard InChI is InChI=1S/C14H19N3O2/c15-7-4-8-16-14(19)12-17(9-10-18)11-13-5-2-1-3-6-13/h1-3,5-6,18H,4,8-12H2,(H,16,19). The van der Waals surface area contributed by atoms with Gasteiger partial charge in [-0.3, -0.25) is 9.69 Å². The molecular weight excluding hydrogens is 242 g/mol. The second kappa shape index (κ2) is 9.09. The Hall–Kier alpha value is -1.90. The second-order valence-electron chi connectivity index (χ2n) is 4.18. The number of aliphatic hydroxyl groups is 1. The van der Waals surface area contributed by atoms with Gasteiger partial charge in [-0.15, -0.1) is 0 Å². The Labute approximate surface area is 113 Å². The van der Waals surface area contributed by atoms with Crippen molar-refractivity contribution >= 4 is 5.91 Å². The average molecular weight is 261 g/mol. The van der Waals surface area contributed by atoms with Gasteiger partial charge in [-0.25, -0.2) is 0 Å². The van der Waals surface area contributed by atoms with Crippen molar-refractivity contribution in [1.29, 1.82) is 5.26 Å². The van der Waals surface area contributed by atoms with Crippen LogP contribution in [0.15, 0.2) is 30.3 Å². The summed E-state index contributed by atoms with van der Waals surface area (Å²) in [5.41, 5.74) is 1.10.